The fraction of sp³-hybridized carbons (Fsp3) is 1.00. The lowest BCUT2D eigenvalue weighted by Gasteiger charge is -2.37. The van der Waals surface area contributed by atoms with Crippen LogP contribution in [0.1, 0.15) is 41.0 Å². The molecule has 0 saturated heterocycles. The molecule has 0 heterocycles. The van der Waals surface area contributed by atoms with E-state index in [1.807, 2.05) is 0 Å². The van der Waals surface area contributed by atoms with Gasteiger partial charge in [0.25, 0.3) is 0 Å². The Kier molecular flexibility index (Phi) is 6.48. The number of alkyl halides is 6. The highest BCUT2D eigenvalue weighted by molar-refractivity contribution is 4.91. The van der Waals surface area contributed by atoms with Gasteiger partial charge >= 0.3 is 12.4 Å². The molecule has 0 aromatic rings. The molecule has 0 nitrogen and oxygen atoms in total. The predicted octanol–water partition coefficient (Wildman–Crippen LogP) is 5.19. The van der Waals surface area contributed by atoms with Crippen LogP contribution in [-0.4, -0.2) is 12.4 Å². The van der Waals surface area contributed by atoms with Crippen molar-refractivity contribution in [3.05, 3.63) is 0 Å². The monoisotopic (exact) mass is 252 g/mol. The topological polar surface area (TPSA) is 0 Å². The lowest BCUT2D eigenvalue weighted by molar-refractivity contribution is -0.348. The van der Waals surface area contributed by atoms with Crippen molar-refractivity contribution in [2.75, 3.05) is 0 Å². The van der Waals surface area contributed by atoms with Crippen molar-refractivity contribution in [2.24, 2.45) is 11.3 Å². The number of hydrogen-bond acceptors (Lipinski definition) is 0. The molecular formula is C10H18F6. The molecule has 0 aromatic heterocycles. The summed E-state index contributed by atoms with van der Waals surface area (Å²) in [5.41, 5.74) is -3.62. The fourth-order valence-electron chi connectivity index (χ4n) is 0.815. The maximum Gasteiger partial charge on any atom is 0.403 e. The zero-order valence-electron chi connectivity index (χ0n) is 10.1. The van der Waals surface area contributed by atoms with Crippen molar-refractivity contribution in [1.29, 1.82) is 0 Å². The van der Waals surface area contributed by atoms with Gasteiger partial charge in [0.1, 0.15) is 0 Å². The molecule has 16 heavy (non-hydrogen) atoms. The second kappa shape index (κ2) is 5.77. The Hall–Kier alpha value is -0.420. The van der Waals surface area contributed by atoms with Crippen LogP contribution in [0.2, 0.25) is 0 Å². The van der Waals surface area contributed by atoms with Crippen LogP contribution in [-0.2, 0) is 0 Å². The van der Waals surface area contributed by atoms with Crippen molar-refractivity contribution < 1.29 is 26.3 Å². The summed E-state index contributed by atoms with van der Waals surface area (Å²) in [5.74, 6) is -1.53. The molecule has 0 aliphatic rings. The van der Waals surface area contributed by atoms with Crippen molar-refractivity contribution >= 4 is 0 Å². The minimum atomic E-state index is -5.26. The van der Waals surface area contributed by atoms with Crippen molar-refractivity contribution in [3.63, 3.8) is 0 Å². The summed E-state index contributed by atoms with van der Waals surface area (Å²) >= 11 is 0. The summed E-state index contributed by atoms with van der Waals surface area (Å²) in [6, 6.07) is 0. The molecule has 0 atom stereocenters. The highest BCUT2D eigenvalue weighted by Gasteiger charge is 2.68. The van der Waals surface area contributed by atoms with Gasteiger partial charge in [-0.1, -0.05) is 34.1 Å². The molecule has 0 bridgehead atoms. The van der Waals surface area contributed by atoms with Crippen molar-refractivity contribution in [2.45, 2.75) is 53.4 Å². The SMILES string of the molecule is CC(C)C(C)(C(F)(F)F)C(F)(F)F.CCC. The van der Waals surface area contributed by atoms with Gasteiger partial charge in [0.05, 0.1) is 0 Å². The molecule has 0 radical (unpaired) electrons. The zero-order valence-corrected chi connectivity index (χ0v) is 10.1. The van der Waals surface area contributed by atoms with Gasteiger partial charge in [0.2, 0.25) is 0 Å². The van der Waals surface area contributed by atoms with E-state index < -0.39 is 23.7 Å². The van der Waals surface area contributed by atoms with E-state index in [0.29, 0.717) is 0 Å². The lowest BCUT2D eigenvalue weighted by Crippen LogP contribution is -2.51. The van der Waals surface area contributed by atoms with Gasteiger partial charge in [-0.15, -0.1) is 0 Å². The second-order valence-corrected chi connectivity index (χ2v) is 4.06. The average Bonchev–Trinajstić information content (AvgIpc) is 1.99. The van der Waals surface area contributed by atoms with Gasteiger partial charge in [-0.25, -0.2) is 0 Å². The second-order valence-electron chi connectivity index (χ2n) is 4.06. The Morgan fingerprint density at radius 2 is 1.00 bits per heavy atom. The van der Waals surface area contributed by atoms with E-state index in [2.05, 4.69) is 13.8 Å². The van der Waals surface area contributed by atoms with Gasteiger partial charge in [-0.2, -0.15) is 26.3 Å². The maximum atomic E-state index is 12.1. The molecule has 0 aliphatic carbocycles. The molecule has 0 aliphatic heterocycles. The average molecular weight is 252 g/mol. The van der Waals surface area contributed by atoms with Crippen LogP contribution in [0.4, 0.5) is 26.3 Å². The van der Waals surface area contributed by atoms with Gasteiger partial charge in [0.15, 0.2) is 5.41 Å². The first kappa shape index (κ1) is 18.0. The van der Waals surface area contributed by atoms with E-state index in [4.69, 9.17) is 0 Å². The zero-order chi connectivity index (χ0) is 13.8. The normalized spacial score (nSPS) is 13.5. The lowest BCUT2D eigenvalue weighted by atomic mass is 9.77. The van der Waals surface area contributed by atoms with Gasteiger partial charge < -0.3 is 0 Å². The molecule has 0 aromatic carbocycles. The van der Waals surface area contributed by atoms with Crippen molar-refractivity contribution in [3.8, 4) is 0 Å². The summed E-state index contributed by atoms with van der Waals surface area (Å²) < 4.78 is 72.8. The smallest absolute Gasteiger partial charge is 0.170 e. The first-order valence-corrected chi connectivity index (χ1v) is 4.99. The van der Waals surface area contributed by atoms with Crippen molar-refractivity contribution in [1.82, 2.24) is 0 Å². The fourth-order valence-corrected chi connectivity index (χ4v) is 0.815. The molecule has 0 amide bonds. The third-order valence-electron chi connectivity index (χ3n) is 2.33. The maximum absolute atomic E-state index is 12.1. The van der Waals surface area contributed by atoms with Gasteiger partial charge in [-0.05, 0) is 12.8 Å². The molecule has 100 valence electrons. The van der Waals surface area contributed by atoms with Crippen LogP contribution in [0.15, 0.2) is 0 Å². The first-order valence-electron chi connectivity index (χ1n) is 4.99. The summed E-state index contributed by atoms with van der Waals surface area (Å²) in [6.45, 7) is 6.24. The Balaban J connectivity index is 0. The van der Waals surface area contributed by atoms with Gasteiger partial charge in [-0.3, -0.25) is 0 Å². The van der Waals surface area contributed by atoms with E-state index in [0.717, 1.165) is 13.8 Å². The quantitative estimate of drug-likeness (QED) is 0.563. The van der Waals surface area contributed by atoms with E-state index in [1.54, 1.807) is 0 Å². The molecule has 0 unspecified atom stereocenters. The molecule has 0 saturated carbocycles. The highest BCUT2D eigenvalue weighted by Crippen LogP contribution is 2.54. The first-order chi connectivity index (χ1) is 6.86. The standard InChI is InChI=1S/C7H10F6.C3H8/c1-4(2)5(3,6(8,9)10)7(11,12)13;1-3-2/h4H,1-3H3;3H2,1-2H3. The minimum absolute atomic E-state index is 0.178. The van der Waals surface area contributed by atoms with E-state index in [-0.39, 0.29) is 6.92 Å². The third kappa shape index (κ3) is 3.87. The molecule has 6 heteroatoms. The van der Waals surface area contributed by atoms with Crippen LogP contribution in [0.3, 0.4) is 0 Å². The Labute approximate surface area is 92.0 Å². The Bertz CT molecular complexity index is 174. The van der Waals surface area contributed by atoms with E-state index >= 15 is 0 Å². The summed E-state index contributed by atoms with van der Waals surface area (Å²) in [5, 5.41) is 0. The predicted molar refractivity (Wildman–Crippen MR) is 51.0 cm³/mol. The van der Waals surface area contributed by atoms with E-state index in [9.17, 15) is 26.3 Å². The van der Waals surface area contributed by atoms with Crippen LogP contribution < -0.4 is 0 Å². The summed E-state index contributed by atoms with van der Waals surface area (Å²) in [7, 11) is 0. The van der Waals surface area contributed by atoms with Crippen LogP contribution in [0.25, 0.3) is 0 Å². The van der Waals surface area contributed by atoms with Crippen LogP contribution in [0, 0.1) is 11.3 Å². The Morgan fingerprint density at radius 3 is 1.00 bits per heavy atom. The minimum Gasteiger partial charge on any atom is -0.170 e. The molecular weight excluding hydrogens is 234 g/mol. The molecule has 0 N–H and O–H groups in total. The Morgan fingerprint density at radius 1 is 0.812 bits per heavy atom. The van der Waals surface area contributed by atoms with Gasteiger partial charge in [0, 0.05) is 0 Å². The molecule has 0 fully saturated rings. The number of rotatable bonds is 1. The van der Waals surface area contributed by atoms with Crippen LogP contribution >= 0.6 is 0 Å². The van der Waals surface area contributed by atoms with Crippen LogP contribution in [0.5, 0.6) is 0 Å². The molecule has 0 spiro atoms. The summed E-state index contributed by atoms with van der Waals surface area (Å²) in [6.07, 6.45) is -9.28. The molecule has 0 rings (SSSR count). The number of halogens is 6. The van der Waals surface area contributed by atoms with E-state index in [1.165, 1.54) is 6.42 Å². The third-order valence-corrected chi connectivity index (χ3v) is 2.33. The highest BCUT2D eigenvalue weighted by atomic mass is 19.4. The number of hydrogen-bond donors (Lipinski definition) is 0. The largest absolute Gasteiger partial charge is 0.403 e. The summed E-state index contributed by atoms with van der Waals surface area (Å²) in [4.78, 5) is 0.